The van der Waals surface area contributed by atoms with Crippen molar-refractivity contribution in [3.05, 3.63) is 59.2 Å². The number of sulfonamides is 1. The summed E-state index contributed by atoms with van der Waals surface area (Å²) in [4.78, 5) is 27.4. The molecule has 8 nitrogen and oxygen atoms in total. The van der Waals surface area contributed by atoms with E-state index in [0.29, 0.717) is 24.3 Å². The van der Waals surface area contributed by atoms with Gasteiger partial charge in [0.2, 0.25) is 21.8 Å². The van der Waals surface area contributed by atoms with Gasteiger partial charge in [-0.2, -0.15) is 0 Å². The van der Waals surface area contributed by atoms with Crippen LogP contribution in [0.5, 0.6) is 5.75 Å². The first kappa shape index (κ1) is 28.2. The largest absolute Gasteiger partial charge is 0.497 e. The Bertz CT molecular complexity index is 1120. The molecule has 35 heavy (non-hydrogen) atoms. The van der Waals surface area contributed by atoms with E-state index in [9.17, 15) is 18.0 Å². The van der Waals surface area contributed by atoms with Crippen LogP contribution in [0.15, 0.2) is 42.5 Å². The van der Waals surface area contributed by atoms with E-state index >= 15 is 0 Å². The molecule has 0 aromatic heterocycles. The number of rotatable bonds is 12. The number of aryl methyl sites for hydroxylation is 1. The molecule has 2 amide bonds. The van der Waals surface area contributed by atoms with Gasteiger partial charge in [0, 0.05) is 26.6 Å². The molecule has 0 aliphatic heterocycles. The quantitative estimate of drug-likeness (QED) is 0.479. The third kappa shape index (κ3) is 7.45. The Hall–Kier alpha value is -3.07. The van der Waals surface area contributed by atoms with E-state index in [1.807, 2.05) is 57.2 Å². The van der Waals surface area contributed by atoms with Crippen molar-refractivity contribution in [1.29, 1.82) is 0 Å². The highest BCUT2D eigenvalue weighted by Gasteiger charge is 2.28. The van der Waals surface area contributed by atoms with Crippen molar-refractivity contribution in [1.82, 2.24) is 10.2 Å². The van der Waals surface area contributed by atoms with Gasteiger partial charge in [0.1, 0.15) is 11.8 Å². The molecular weight excluding hydrogens is 466 g/mol. The Morgan fingerprint density at radius 2 is 1.74 bits per heavy atom. The molecule has 1 atom stereocenters. The van der Waals surface area contributed by atoms with Crippen LogP contribution in [-0.2, 0) is 26.2 Å². The summed E-state index contributed by atoms with van der Waals surface area (Å²) >= 11 is 0. The minimum Gasteiger partial charge on any atom is -0.497 e. The second kappa shape index (κ2) is 12.6. The smallest absolute Gasteiger partial charge is 0.242 e. The SMILES string of the molecule is CCC(C(=O)NC)N(Cc1ccc(OC)cc1)C(=O)CCCN(c1cccc(C)c1C)S(C)(=O)=O. The van der Waals surface area contributed by atoms with Crippen molar-refractivity contribution >= 4 is 27.5 Å². The molecule has 0 saturated carbocycles. The number of methoxy groups -OCH3 is 1. The zero-order chi connectivity index (χ0) is 26.2. The molecule has 2 aromatic rings. The predicted molar refractivity (Wildman–Crippen MR) is 139 cm³/mol. The molecule has 0 fully saturated rings. The number of carbonyl (C=O) groups excluding carboxylic acids is 2. The lowest BCUT2D eigenvalue weighted by Crippen LogP contribution is -2.48. The molecule has 0 bridgehead atoms. The summed E-state index contributed by atoms with van der Waals surface area (Å²) in [7, 11) is -0.401. The normalized spacial score (nSPS) is 12.1. The Balaban J connectivity index is 2.22. The number of hydrogen-bond acceptors (Lipinski definition) is 5. The second-order valence-corrected chi connectivity index (χ2v) is 10.5. The lowest BCUT2D eigenvalue weighted by atomic mass is 10.1. The van der Waals surface area contributed by atoms with Crippen LogP contribution in [0.2, 0.25) is 0 Å². The van der Waals surface area contributed by atoms with E-state index in [4.69, 9.17) is 4.74 Å². The van der Waals surface area contributed by atoms with Gasteiger partial charge in [0.25, 0.3) is 0 Å². The van der Waals surface area contributed by atoms with Gasteiger partial charge in [-0.05, 0) is 61.6 Å². The summed E-state index contributed by atoms with van der Waals surface area (Å²) in [6.07, 6.45) is 2.06. The fraction of sp³-hybridized carbons (Fsp3) is 0.462. The number of nitrogens with zero attached hydrogens (tertiary/aromatic N) is 2. The van der Waals surface area contributed by atoms with E-state index in [1.54, 1.807) is 25.1 Å². The summed E-state index contributed by atoms with van der Waals surface area (Å²) < 4.78 is 31.7. The molecule has 1 unspecified atom stereocenters. The number of carbonyl (C=O) groups is 2. The van der Waals surface area contributed by atoms with Crippen molar-refractivity contribution in [2.75, 3.05) is 31.3 Å². The Morgan fingerprint density at radius 1 is 1.09 bits per heavy atom. The number of amides is 2. The van der Waals surface area contributed by atoms with Gasteiger partial charge in [-0.15, -0.1) is 0 Å². The summed E-state index contributed by atoms with van der Waals surface area (Å²) in [5, 5.41) is 2.64. The van der Waals surface area contributed by atoms with Crippen LogP contribution in [-0.4, -0.2) is 58.1 Å². The minimum absolute atomic E-state index is 0.112. The zero-order valence-corrected chi connectivity index (χ0v) is 22.3. The molecular formula is C26H37N3O5S. The van der Waals surface area contributed by atoms with E-state index in [0.717, 1.165) is 16.7 Å². The molecule has 9 heteroatoms. The maximum Gasteiger partial charge on any atom is 0.242 e. The van der Waals surface area contributed by atoms with Crippen molar-refractivity contribution in [3.63, 3.8) is 0 Å². The molecule has 0 saturated heterocycles. The van der Waals surface area contributed by atoms with Crippen LogP contribution in [0.25, 0.3) is 0 Å². The van der Waals surface area contributed by atoms with Gasteiger partial charge in [-0.3, -0.25) is 13.9 Å². The number of ether oxygens (including phenoxy) is 1. The highest BCUT2D eigenvalue weighted by atomic mass is 32.2. The van der Waals surface area contributed by atoms with Crippen molar-refractivity contribution in [2.24, 2.45) is 0 Å². The molecule has 0 aliphatic carbocycles. The molecule has 1 N–H and O–H groups in total. The molecule has 2 rings (SSSR count). The number of hydrogen-bond donors (Lipinski definition) is 1. The third-order valence-corrected chi connectivity index (χ3v) is 7.32. The van der Waals surface area contributed by atoms with Gasteiger partial charge >= 0.3 is 0 Å². The molecule has 0 aliphatic rings. The molecule has 2 aromatic carbocycles. The van der Waals surface area contributed by atoms with Gasteiger partial charge < -0.3 is 15.0 Å². The lowest BCUT2D eigenvalue weighted by molar-refractivity contribution is -0.141. The van der Waals surface area contributed by atoms with Crippen molar-refractivity contribution in [2.45, 2.75) is 52.6 Å². The Labute approximate surface area is 209 Å². The Morgan fingerprint density at radius 3 is 2.29 bits per heavy atom. The van der Waals surface area contributed by atoms with Gasteiger partial charge in [-0.25, -0.2) is 8.42 Å². The summed E-state index contributed by atoms with van der Waals surface area (Å²) in [6, 6.07) is 12.3. The van der Waals surface area contributed by atoms with Crippen LogP contribution in [0.1, 0.15) is 42.9 Å². The first-order chi connectivity index (χ1) is 16.5. The van der Waals surface area contributed by atoms with Crippen molar-refractivity contribution < 1.29 is 22.7 Å². The maximum absolute atomic E-state index is 13.3. The maximum atomic E-state index is 13.3. The molecule has 0 radical (unpaired) electrons. The topological polar surface area (TPSA) is 96.0 Å². The number of benzene rings is 2. The highest BCUT2D eigenvalue weighted by molar-refractivity contribution is 7.92. The van der Waals surface area contributed by atoms with E-state index in [1.165, 1.54) is 10.6 Å². The molecule has 0 spiro atoms. The summed E-state index contributed by atoms with van der Waals surface area (Å²) in [6.45, 7) is 6.12. The number of anilines is 1. The molecule has 0 heterocycles. The average molecular weight is 504 g/mol. The monoisotopic (exact) mass is 503 g/mol. The highest BCUT2D eigenvalue weighted by Crippen LogP contribution is 2.25. The standard InChI is InChI=1S/C26H37N3O5S/c1-7-23(26(31)27-4)28(18-21-13-15-22(34-5)16-14-21)25(30)12-9-17-29(35(6,32)33)24-11-8-10-19(2)20(24)3/h8,10-11,13-16,23H,7,9,12,17-18H2,1-6H3,(H,27,31). The molecule has 192 valence electrons. The van der Waals surface area contributed by atoms with Crippen LogP contribution in [0, 0.1) is 13.8 Å². The second-order valence-electron chi connectivity index (χ2n) is 8.57. The van der Waals surface area contributed by atoms with Gasteiger partial charge in [-0.1, -0.05) is 31.2 Å². The number of likely N-dealkylation sites (N-methyl/N-ethyl adjacent to an activating group) is 1. The lowest BCUT2D eigenvalue weighted by Gasteiger charge is -2.31. The van der Waals surface area contributed by atoms with Crippen LogP contribution >= 0.6 is 0 Å². The Kier molecular flexibility index (Phi) is 10.1. The minimum atomic E-state index is -3.54. The van der Waals surface area contributed by atoms with Crippen LogP contribution in [0.4, 0.5) is 5.69 Å². The van der Waals surface area contributed by atoms with Crippen LogP contribution < -0.4 is 14.4 Å². The van der Waals surface area contributed by atoms with Crippen LogP contribution in [0.3, 0.4) is 0 Å². The van der Waals surface area contributed by atoms with Gasteiger partial charge in [0.15, 0.2) is 0 Å². The number of nitrogens with one attached hydrogen (secondary N) is 1. The predicted octanol–water partition coefficient (Wildman–Crippen LogP) is 3.41. The van der Waals surface area contributed by atoms with E-state index < -0.39 is 16.1 Å². The first-order valence-corrected chi connectivity index (χ1v) is 13.6. The fourth-order valence-corrected chi connectivity index (χ4v) is 5.02. The van der Waals surface area contributed by atoms with Gasteiger partial charge in [0.05, 0.1) is 19.1 Å². The van der Waals surface area contributed by atoms with E-state index in [-0.39, 0.29) is 31.3 Å². The van der Waals surface area contributed by atoms with Crippen molar-refractivity contribution in [3.8, 4) is 5.75 Å². The van der Waals surface area contributed by atoms with E-state index in [2.05, 4.69) is 5.32 Å². The summed E-state index contributed by atoms with van der Waals surface area (Å²) in [5.74, 6) is 0.269. The first-order valence-electron chi connectivity index (χ1n) is 11.7. The fourth-order valence-electron chi connectivity index (χ4n) is 4.00. The summed E-state index contributed by atoms with van der Waals surface area (Å²) in [5.41, 5.74) is 3.37. The third-order valence-electron chi connectivity index (χ3n) is 6.14. The zero-order valence-electron chi connectivity index (χ0n) is 21.5. The average Bonchev–Trinajstić information content (AvgIpc) is 2.83.